The Labute approximate surface area is 197 Å². The highest BCUT2D eigenvalue weighted by atomic mass is 19.4. The van der Waals surface area contributed by atoms with Crippen molar-refractivity contribution >= 4 is 16.9 Å². The summed E-state index contributed by atoms with van der Waals surface area (Å²) in [6, 6.07) is 7.15. The van der Waals surface area contributed by atoms with E-state index in [2.05, 4.69) is 0 Å². The van der Waals surface area contributed by atoms with E-state index in [0.717, 1.165) is 25.7 Å². The monoisotopic (exact) mass is 479 g/mol. The molecule has 186 valence electrons. The largest absolute Gasteiger partial charge is 0.490 e. The van der Waals surface area contributed by atoms with Gasteiger partial charge in [-0.25, -0.2) is 4.79 Å². The number of carboxylic acid groups (broad SMARTS) is 1. The molecule has 0 radical (unpaired) electrons. The minimum absolute atomic E-state index is 0.0103. The lowest BCUT2D eigenvalue weighted by atomic mass is 9.65. The lowest BCUT2D eigenvalue weighted by Gasteiger charge is -2.43. The molecule has 0 atom stereocenters. The summed E-state index contributed by atoms with van der Waals surface area (Å²) in [5, 5.41) is 19.5. The Bertz CT molecular complexity index is 1050. The highest BCUT2D eigenvalue weighted by Gasteiger charge is 2.40. The molecule has 2 saturated carbocycles. The zero-order valence-electron chi connectivity index (χ0n) is 19.6. The van der Waals surface area contributed by atoms with E-state index in [1.54, 1.807) is 6.07 Å². The maximum atomic E-state index is 14.2. The van der Waals surface area contributed by atoms with Gasteiger partial charge in [0, 0.05) is 0 Å². The van der Waals surface area contributed by atoms with Crippen LogP contribution in [0.4, 0.5) is 18.0 Å². The number of ether oxygens (including phenoxy) is 1. The molecule has 8 heteroatoms. The predicted molar refractivity (Wildman–Crippen MR) is 122 cm³/mol. The minimum atomic E-state index is -4.62. The van der Waals surface area contributed by atoms with Crippen molar-refractivity contribution in [2.24, 2.45) is 5.41 Å². The van der Waals surface area contributed by atoms with E-state index in [0.29, 0.717) is 16.4 Å². The molecule has 0 aromatic heterocycles. The van der Waals surface area contributed by atoms with Crippen LogP contribution in [0.1, 0.15) is 82.8 Å². The summed E-state index contributed by atoms with van der Waals surface area (Å²) in [5.74, 6) is -0.161. The van der Waals surface area contributed by atoms with Crippen LogP contribution in [0.25, 0.3) is 10.8 Å². The molecular weight excluding hydrogens is 447 g/mol. The molecule has 2 N–H and O–H groups in total. The molecule has 4 rings (SSSR count). The molecule has 2 aromatic rings. The van der Waals surface area contributed by atoms with Crippen molar-refractivity contribution in [3.63, 3.8) is 0 Å². The molecule has 0 aliphatic heterocycles. The number of halogens is 3. The molecule has 1 amide bonds. The van der Waals surface area contributed by atoms with E-state index in [1.807, 2.05) is 0 Å². The summed E-state index contributed by atoms with van der Waals surface area (Å²) < 4.78 is 48.5. The highest BCUT2D eigenvalue weighted by Crippen LogP contribution is 2.49. The van der Waals surface area contributed by atoms with Crippen LogP contribution in [0.5, 0.6) is 5.75 Å². The van der Waals surface area contributed by atoms with Crippen molar-refractivity contribution in [2.45, 2.75) is 89.5 Å². The third kappa shape index (κ3) is 4.69. The number of amides is 1. The standard InChI is InChI=1S/C26H32F3NO4/c1-24(2,30(33)23(31)32)18-7-8-20-17(16-18)6-9-21(22(20)26(27,28)29)34-19-10-14-25(15-11-19)12-4-3-5-13-25/h6-9,16,19,33H,3-5,10-15H2,1-2H3,(H,31,32). The second kappa shape index (κ2) is 8.95. The second-order valence-corrected chi connectivity index (χ2v) is 10.4. The van der Waals surface area contributed by atoms with Gasteiger partial charge in [0.05, 0.1) is 11.6 Å². The summed E-state index contributed by atoms with van der Waals surface area (Å²) >= 11 is 0. The second-order valence-electron chi connectivity index (χ2n) is 10.4. The third-order valence-electron chi connectivity index (χ3n) is 7.88. The van der Waals surface area contributed by atoms with Crippen molar-refractivity contribution in [1.29, 1.82) is 0 Å². The first-order chi connectivity index (χ1) is 15.9. The fourth-order valence-corrected chi connectivity index (χ4v) is 5.75. The average Bonchev–Trinajstić information content (AvgIpc) is 2.79. The summed E-state index contributed by atoms with van der Waals surface area (Å²) in [6.07, 6.45) is 3.35. The van der Waals surface area contributed by atoms with Crippen LogP contribution in [-0.2, 0) is 11.7 Å². The van der Waals surface area contributed by atoms with E-state index in [9.17, 15) is 23.2 Å². The number of fused-ring (bicyclic) bond motifs is 1. The Hall–Kier alpha value is -2.48. The summed E-state index contributed by atoms with van der Waals surface area (Å²) in [7, 11) is 0. The maximum Gasteiger partial charge on any atom is 0.432 e. The molecule has 0 heterocycles. The lowest BCUT2D eigenvalue weighted by molar-refractivity contribution is -0.138. The van der Waals surface area contributed by atoms with Crippen LogP contribution in [-0.4, -0.2) is 27.6 Å². The first kappa shape index (κ1) is 24.6. The van der Waals surface area contributed by atoms with Gasteiger partial charge in [0.15, 0.2) is 0 Å². The molecule has 0 saturated heterocycles. The number of rotatable bonds is 4. The van der Waals surface area contributed by atoms with Crippen molar-refractivity contribution in [3.05, 3.63) is 41.5 Å². The number of hydroxylamine groups is 2. The van der Waals surface area contributed by atoms with Gasteiger partial charge in [0.25, 0.3) is 0 Å². The number of hydrogen-bond acceptors (Lipinski definition) is 3. The van der Waals surface area contributed by atoms with Crippen LogP contribution in [0.2, 0.25) is 0 Å². The van der Waals surface area contributed by atoms with Crippen molar-refractivity contribution in [2.75, 3.05) is 0 Å². The number of hydrogen-bond donors (Lipinski definition) is 2. The Balaban J connectivity index is 1.62. The van der Waals surface area contributed by atoms with Crippen LogP contribution >= 0.6 is 0 Å². The quantitative estimate of drug-likeness (QED) is 0.348. The van der Waals surface area contributed by atoms with E-state index >= 15 is 0 Å². The topological polar surface area (TPSA) is 70.0 Å². The molecule has 2 aromatic carbocycles. The summed E-state index contributed by atoms with van der Waals surface area (Å²) in [4.78, 5) is 11.2. The van der Waals surface area contributed by atoms with Gasteiger partial charge in [-0.1, -0.05) is 37.5 Å². The van der Waals surface area contributed by atoms with Crippen LogP contribution in [0.15, 0.2) is 30.3 Å². The van der Waals surface area contributed by atoms with Gasteiger partial charge in [0.2, 0.25) is 0 Å². The zero-order valence-corrected chi connectivity index (χ0v) is 19.6. The van der Waals surface area contributed by atoms with Crippen molar-refractivity contribution in [1.82, 2.24) is 5.06 Å². The molecule has 5 nitrogen and oxygen atoms in total. The minimum Gasteiger partial charge on any atom is -0.490 e. The fourth-order valence-electron chi connectivity index (χ4n) is 5.75. The normalized spacial score (nSPS) is 19.4. The molecule has 34 heavy (non-hydrogen) atoms. The number of nitrogens with zero attached hydrogens (tertiary/aromatic N) is 1. The molecule has 2 fully saturated rings. The van der Waals surface area contributed by atoms with Gasteiger partial charge in [-0.2, -0.15) is 18.2 Å². The Kier molecular flexibility index (Phi) is 6.48. The zero-order chi connectivity index (χ0) is 24.7. The molecule has 2 aliphatic carbocycles. The number of benzene rings is 2. The molecule has 2 aliphatic rings. The third-order valence-corrected chi connectivity index (χ3v) is 7.88. The van der Waals surface area contributed by atoms with Gasteiger partial charge in [0.1, 0.15) is 11.3 Å². The smallest absolute Gasteiger partial charge is 0.432 e. The van der Waals surface area contributed by atoms with E-state index in [1.165, 1.54) is 70.2 Å². The number of alkyl halides is 3. The average molecular weight is 480 g/mol. The van der Waals surface area contributed by atoms with Crippen molar-refractivity contribution < 1.29 is 33.0 Å². The summed E-state index contributed by atoms with van der Waals surface area (Å²) in [6.45, 7) is 2.96. The molecular formula is C26H32F3NO4. The van der Waals surface area contributed by atoms with Gasteiger partial charge in [-0.15, -0.1) is 0 Å². The maximum absolute atomic E-state index is 14.2. The molecule has 0 unspecified atom stereocenters. The fraction of sp³-hybridized carbons (Fsp3) is 0.577. The SMILES string of the molecule is CC(C)(c1ccc2c(C(F)(F)F)c(OC3CCC4(CCCCC4)CC3)ccc2c1)N(O)C(=O)O. The summed E-state index contributed by atoms with van der Waals surface area (Å²) in [5.41, 5.74) is -1.43. The molecule has 0 bridgehead atoms. The lowest BCUT2D eigenvalue weighted by Crippen LogP contribution is -2.42. The van der Waals surface area contributed by atoms with Crippen LogP contribution in [0, 0.1) is 5.41 Å². The van der Waals surface area contributed by atoms with Crippen LogP contribution in [0.3, 0.4) is 0 Å². The predicted octanol–water partition coefficient (Wildman–Crippen LogP) is 7.73. The van der Waals surface area contributed by atoms with Gasteiger partial charge < -0.3 is 9.84 Å². The Morgan fingerprint density at radius 1 is 1.03 bits per heavy atom. The van der Waals surface area contributed by atoms with Gasteiger partial charge in [-0.3, -0.25) is 5.21 Å². The van der Waals surface area contributed by atoms with Gasteiger partial charge >= 0.3 is 12.3 Å². The van der Waals surface area contributed by atoms with Gasteiger partial charge in [-0.05, 0) is 86.3 Å². The first-order valence-electron chi connectivity index (χ1n) is 12.0. The molecule has 1 spiro atoms. The van der Waals surface area contributed by atoms with E-state index < -0.39 is 23.4 Å². The van der Waals surface area contributed by atoms with Crippen molar-refractivity contribution in [3.8, 4) is 5.75 Å². The van der Waals surface area contributed by atoms with E-state index in [-0.39, 0.29) is 22.3 Å². The Morgan fingerprint density at radius 2 is 1.68 bits per heavy atom. The van der Waals surface area contributed by atoms with Crippen LogP contribution < -0.4 is 4.74 Å². The van der Waals surface area contributed by atoms with E-state index in [4.69, 9.17) is 9.84 Å². The first-order valence-corrected chi connectivity index (χ1v) is 12.0. The Morgan fingerprint density at radius 3 is 2.26 bits per heavy atom. The highest BCUT2D eigenvalue weighted by molar-refractivity contribution is 5.89. The number of carbonyl (C=O) groups is 1.